The Morgan fingerprint density at radius 2 is 1.78 bits per heavy atom. The number of carbonyl (C=O) groups excluding carboxylic acids is 1. The summed E-state index contributed by atoms with van der Waals surface area (Å²) >= 11 is 1.88. The molecule has 178 valence electrons. The molecule has 10 heteroatoms. The van der Waals surface area contributed by atoms with Crippen LogP contribution in [0.3, 0.4) is 0 Å². The zero-order valence-electron chi connectivity index (χ0n) is 18.6. The lowest BCUT2D eigenvalue weighted by atomic mass is 9.95. The third kappa shape index (κ3) is 6.09. The van der Waals surface area contributed by atoms with E-state index in [-0.39, 0.29) is 5.54 Å². The number of benzene rings is 1. The number of ether oxygens (including phenoxy) is 1. The van der Waals surface area contributed by atoms with Crippen LogP contribution in [-0.2, 0) is 19.6 Å². The fourth-order valence-corrected chi connectivity index (χ4v) is 7.22. The molecule has 1 amide bonds. The van der Waals surface area contributed by atoms with E-state index in [1.54, 1.807) is 12.1 Å². The Bertz CT molecular complexity index is 860. The van der Waals surface area contributed by atoms with E-state index in [9.17, 15) is 13.2 Å². The van der Waals surface area contributed by atoms with E-state index >= 15 is 0 Å². The maximum Gasteiger partial charge on any atom is 0.241 e. The minimum atomic E-state index is -3.78. The Labute approximate surface area is 195 Å². The van der Waals surface area contributed by atoms with Crippen molar-refractivity contribution >= 4 is 39.1 Å². The van der Waals surface area contributed by atoms with Crippen molar-refractivity contribution in [2.75, 3.05) is 72.8 Å². The van der Waals surface area contributed by atoms with E-state index < -0.39 is 21.7 Å². The quantitative estimate of drug-likeness (QED) is 0.583. The SMILES string of the molecule is O=C(CS(=O)(=O)Nc1ccc(N2CCCCC2)cc1)NCC1(N2CCOCC2)CCSC1. The first-order chi connectivity index (χ1) is 15.5. The van der Waals surface area contributed by atoms with Crippen molar-refractivity contribution in [3.05, 3.63) is 24.3 Å². The van der Waals surface area contributed by atoms with Crippen molar-refractivity contribution in [3.63, 3.8) is 0 Å². The molecule has 1 atom stereocenters. The van der Waals surface area contributed by atoms with Crippen LogP contribution in [-0.4, -0.2) is 88.0 Å². The molecule has 0 aliphatic carbocycles. The van der Waals surface area contributed by atoms with Gasteiger partial charge in [-0.1, -0.05) is 0 Å². The molecule has 3 heterocycles. The summed E-state index contributed by atoms with van der Waals surface area (Å²) in [4.78, 5) is 17.2. The molecule has 0 saturated carbocycles. The Hall–Kier alpha value is -1.49. The Morgan fingerprint density at radius 3 is 2.44 bits per heavy atom. The standard InChI is InChI=1S/C22H34N4O4S2/c27-21(23-17-22(8-15-31-18-22)26-11-13-30-14-12-26)16-32(28,29)24-19-4-6-20(7-5-19)25-9-2-1-3-10-25/h4-7,24H,1-3,8-18H2,(H,23,27). The molecule has 1 aromatic rings. The Balaban J connectivity index is 1.29. The number of amides is 1. The summed E-state index contributed by atoms with van der Waals surface area (Å²) in [5, 5.41) is 2.90. The van der Waals surface area contributed by atoms with Gasteiger partial charge in [-0.25, -0.2) is 8.42 Å². The average Bonchev–Trinajstić information content (AvgIpc) is 3.29. The highest BCUT2D eigenvalue weighted by molar-refractivity contribution is 7.99. The van der Waals surface area contributed by atoms with Crippen LogP contribution >= 0.6 is 11.8 Å². The summed E-state index contributed by atoms with van der Waals surface area (Å²) in [6.07, 6.45) is 4.64. The minimum Gasteiger partial charge on any atom is -0.379 e. The number of morpholine rings is 1. The summed E-state index contributed by atoms with van der Waals surface area (Å²) < 4.78 is 33.1. The zero-order valence-corrected chi connectivity index (χ0v) is 20.2. The van der Waals surface area contributed by atoms with Gasteiger partial charge in [0.1, 0.15) is 5.75 Å². The van der Waals surface area contributed by atoms with E-state index in [4.69, 9.17) is 4.74 Å². The molecule has 0 radical (unpaired) electrons. The predicted molar refractivity (Wildman–Crippen MR) is 130 cm³/mol. The van der Waals surface area contributed by atoms with Crippen molar-refractivity contribution in [3.8, 4) is 0 Å². The topological polar surface area (TPSA) is 91.0 Å². The molecule has 1 aromatic carbocycles. The largest absolute Gasteiger partial charge is 0.379 e. The van der Waals surface area contributed by atoms with Crippen molar-refractivity contribution < 1.29 is 17.9 Å². The van der Waals surface area contributed by atoms with Gasteiger partial charge >= 0.3 is 0 Å². The molecule has 0 spiro atoms. The number of carbonyl (C=O) groups is 1. The molecule has 8 nitrogen and oxygen atoms in total. The smallest absolute Gasteiger partial charge is 0.241 e. The molecular formula is C22H34N4O4S2. The Kier molecular flexibility index (Phi) is 7.86. The van der Waals surface area contributed by atoms with E-state index in [2.05, 4.69) is 19.8 Å². The van der Waals surface area contributed by atoms with Crippen LogP contribution < -0.4 is 14.9 Å². The van der Waals surface area contributed by atoms with Crippen molar-refractivity contribution in [1.29, 1.82) is 0 Å². The van der Waals surface area contributed by atoms with Crippen LogP contribution in [0.25, 0.3) is 0 Å². The second-order valence-electron chi connectivity index (χ2n) is 8.86. The average molecular weight is 483 g/mol. The van der Waals surface area contributed by atoms with Gasteiger partial charge in [0.2, 0.25) is 15.9 Å². The van der Waals surface area contributed by atoms with Gasteiger partial charge in [0.25, 0.3) is 0 Å². The molecule has 2 N–H and O–H groups in total. The molecule has 32 heavy (non-hydrogen) atoms. The van der Waals surface area contributed by atoms with Gasteiger partial charge in [0, 0.05) is 55.4 Å². The number of sulfonamides is 1. The van der Waals surface area contributed by atoms with E-state index in [1.807, 2.05) is 23.9 Å². The van der Waals surface area contributed by atoms with Gasteiger partial charge in [-0.2, -0.15) is 11.8 Å². The molecule has 3 fully saturated rings. The van der Waals surface area contributed by atoms with Crippen LogP contribution in [0.4, 0.5) is 11.4 Å². The van der Waals surface area contributed by atoms with Crippen LogP contribution in [0.5, 0.6) is 0 Å². The first-order valence-electron chi connectivity index (χ1n) is 11.5. The minimum absolute atomic E-state index is 0.106. The van der Waals surface area contributed by atoms with Crippen molar-refractivity contribution in [1.82, 2.24) is 10.2 Å². The van der Waals surface area contributed by atoms with Gasteiger partial charge in [-0.05, 0) is 55.7 Å². The molecular weight excluding hydrogens is 448 g/mol. The zero-order chi connectivity index (χ0) is 22.4. The first-order valence-corrected chi connectivity index (χ1v) is 14.3. The summed E-state index contributed by atoms with van der Waals surface area (Å²) in [7, 11) is -3.78. The third-order valence-electron chi connectivity index (χ3n) is 6.56. The second kappa shape index (κ2) is 10.6. The normalized spacial score (nSPS) is 24.9. The predicted octanol–water partition coefficient (Wildman–Crippen LogP) is 1.74. The molecule has 3 saturated heterocycles. The van der Waals surface area contributed by atoms with E-state index in [1.165, 1.54) is 19.3 Å². The number of thioether (sulfide) groups is 1. The first kappa shape index (κ1) is 23.7. The van der Waals surface area contributed by atoms with Gasteiger partial charge < -0.3 is 15.0 Å². The number of nitrogens with zero attached hydrogens (tertiary/aromatic N) is 2. The van der Waals surface area contributed by atoms with Gasteiger partial charge in [-0.15, -0.1) is 0 Å². The number of anilines is 2. The van der Waals surface area contributed by atoms with Crippen LogP contribution in [0.1, 0.15) is 25.7 Å². The number of piperidine rings is 1. The summed E-state index contributed by atoms with van der Waals surface area (Å²) in [5.74, 6) is 0.960. The van der Waals surface area contributed by atoms with Crippen molar-refractivity contribution in [2.45, 2.75) is 31.2 Å². The molecule has 1 unspecified atom stereocenters. The summed E-state index contributed by atoms with van der Waals surface area (Å²) in [6, 6.07) is 7.41. The maximum atomic E-state index is 12.6. The number of hydrogen-bond acceptors (Lipinski definition) is 7. The molecule has 4 rings (SSSR count). The lowest BCUT2D eigenvalue weighted by Crippen LogP contribution is -2.59. The fourth-order valence-electron chi connectivity index (χ4n) is 4.73. The third-order valence-corrected chi connectivity index (χ3v) is 8.99. The van der Waals surface area contributed by atoms with Gasteiger partial charge in [0.05, 0.1) is 13.2 Å². The highest BCUT2D eigenvalue weighted by atomic mass is 32.2. The number of nitrogens with one attached hydrogen (secondary N) is 2. The molecule has 3 aliphatic rings. The second-order valence-corrected chi connectivity index (χ2v) is 11.7. The number of hydrogen-bond donors (Lipinski definition) is 2. The van der Waals surface area contributed by atoms with Gasteiger partial charge in [-0.3, -0.25) is 14.4 Å². The molecule has 0 bridgehead atoms. The van der Waals surface area contributed by atoms with Crippen LogP contribution in [0.2, 0.25) is 0 Å². The Morgan fingerprint density at radius 1 is 1.06 bits per heavy atom. The molecule has 0 aromatic heterocycles. The lowest BCUT2D eigenvalue weighted by molar-refractivity contribution is -0.119. The van der Waals surface area contributed by atoms with Crippen molar-refractivity contribution in [2.24, 2.45) is 0 Å². The fraction of sp³-hybridized carbons (Fsp3) is 0.682. The van der Waals surface area contributed by atoms with Gasteiger partial charge in [0.15, 0.2) is 0 Å². The highest BCUT2D eigenvalue weighted by Gasteiger charge is 2.41. The van der Waals surface area contributed by atoms with Crippen LogP contribution in [0, 0.1) is 0 Å². The maximum absolute atomic E-state index is 12.6. The lowest BCUT2D eigenvalue weighted by Gasteiger charge is -2.43. The summed E-state index contributed by atoms with van der Waals surface area (Å²) in [5.41, 5.74) is 1.48. The summed E-state index contributed by atoms with van der Waals surface area (Å²) in [6.45, 7) is 5.65. The van der Waals surface area contributed by atoms with E-state index in [0.717, 1.165) is 49.8 Å². The monoisotopic (exact) mass is 482 g/mol. The highest BCUT2D eigenvalue weighted by Crippen LogP contribution is 2.33. The molecule has 3 aliphatic heterocycles. The van der Waals surface area contributed by atoms with Crippen LogP contribution in [0.15, 0.2) is 24.3 Å². The van der Waals surface area contributed by atoms with E-state index in [0.29, 0.717) is 25.4 Å². The number of rotatable bonds is 8.